The summed E-state index contributed by atoms with van der Waals surface area (Å²) in [5.74, 6) is 0.616. The lowest BCUT2D eigenvalue weighted by Gasteiger charge is -2.18. The maximum Gasteiger partial charge on any atom is 0.193 e. The quantitative estimate of drug-likeness (QED) is 0.732. The molecule has 1 aliphatic rings. The van der Waals surface area contributed by atoms with Crippen LogP contribution in [0.3, 0.4) is 0 Å². The highest BCUT2D eigenvalue weighted by Gasteiger charge is 2.35. The molecule has 12 heavy (non-hydrogen) atoms. The molecular formula is C9H11ClO2. The summed E-state index contributed by atoms with van der Waals surface area (Å²) in [6.45, 7) is 0. The molecule has 1 heterocycles. The van der Waals surface area contributed by atoms with Crippen molar-refractivity contribution in [3.63, 3.8) is 0 Å². The Kier molecular flexibility index (Phi) is 1.89. The lowest BCUT2D eigenvalue weighted by Crippen LogP contribution is -2.19. The first-order valence-electron chi connectivity index (χ1n) is 4.19. The lowest BCUT2D eigenvalue weighted by atomic mass is 10.00. The Hall–Kier alpha value is -0.470. The van der Waals surface area contributed by atoms with E-state index in [1.807, 2.05) is 0 Å². The van der Waals surface area contributed by atoms with Crippen LogP contribution in [-0.2, 0) is 5.60 Å². The van der Waals surface area contributed by atoms with E-state index in [0.29, 0.717) is 11.0 Å². The Morgan fingerprint density at radius 1 is 1.33 bits per heavy atom. The van der Waals surface area contributed by atoms with Gasteiger partial charge in [0.2, 0.25) is 0 Å². The molecule has 0 unspecified atom stereocenters. The first-order valence-corrected chi connectivity index (χ1v) is 4.57. The van der Waals surface area contributed by atoms with E-state index in [9.17, 15) is 5.11 Å². The van der Waals surface area contributed by atoms with Crippen molar-refractivity contribution in [3.8, 4) is 0 Å². The van der Waals surface area contributed by atoms with Crippen LogP contribution in [0.1, 0.15) is 31.4 Å². The van der Waals surface area contributed by atoms with Crippen LogP contribution < -0.4 is 0 Å². The normalized spacial score (nSPS) is 21.5. The minimum Gasteiger partial charge on any atom is -0.447 e. The van der Waals surface area contributed by atoms with Gasteiger partial charge in [0.1, 0.15) is 11.4 Å². The van der Waals surface area contributed by atoms with Crippen LogP contribution in [0.15, 0.2) is 16.5 Å². The molecule has 1 aliphatic carbocycles. The number of rotatable bonds is 1. The molecule has 2 nitrogen and oxygen atoms in total. The number of furan rings is 1. The predicted octanol–water partition coefficient (Wildman–Crippen LogP) is 2.69. The molecule has 1 aromatic rings. The van der Waals surface area contributed by atoms with Gasteiger partial charge in [0.05, 0.1) is 0 Å². The third-order valence-corrected chi connectivity index (χ3v) is 2.67. The minimum atomic E-state index is -0.743. The van der Waals surface area contributed by atoms with Crippen molar-refractivity contribution in [3.05, 3.63) is 23.1 Å². The van der Waals surface area contributed by atoms with E-state index < -0.39 is 5.60 Å². The van der Waals surface area contributed by atoms with Crippen molar-refractivity contribution in [2.45, 2.75) is 31.3 Å². The van der Waals surface area contributed by atoms with Crippen LogP contribution in [-0.4, -0.2) is 5.11 Å². The molecule has 1 aromatic heterocycles. The molecule has 0 atom stereocenters. The molecule has 1 N–H and O–H groups in total. The first-order chi connectivity index (χ1) is 5.71. The number of hydrogen-bond donors (Lipinski definition) is 1. The van der Waals surface area contributed by atoms with E-state index in [4.69, 9.17) is 16.0 Å². The fourth-order valence-corrected chi connectivity index (χ4v) is 1.92. The van der Waals surface area contributed by atoms with Gasteiger partial charge in [-0.05, 0) is 49.4 Å². The molecule has 66 valence electrons. The highest BCUT2D eigenvalue weighted by Crippen LogP contribution is 2.39. The molecular weight excluding hydrogens is 176 g/mol. The second-order valence-corrected chi connectivity index (χ2v) is 3.71. The Morgan fingerprint density at radius 3 is 2.50 bits per heavy atom. The highest BCUT2D eigenvalue weighted by atomic mass is 35.5. The zero-order chi connectivity index (χ0) is 8.60. The van der Waals surface area contributed by atoms with E-state index in [0.717, 1.165) is 25.7 Å². The Bertz CT molecular complexity index is 274. The second kappa shape index (κ2) is 2.79. The monoisotopic (exact) mass is 186 g/mol. The van der Waals surface area contributed by atoms with Crippen LogP contribution in [0.5, 0.6) is 0 Å². The maximum absolute atomic E-state index is 10.0. The lowest BCUT2D eigenvalue weighted by molar-refractivity contribution is 0.0221. The molecule has 0 radical (unpaired) electrons. The highest BCUT2D eigenvalue weighted by molar-refractivity contribution is 6.28. The van der Waals surface area contributed by atoms with Gasteiger partial charge in [-0.1, -0.05) is 0 Å². The largest absolute Gasteiger partial charge is 0.447 e. The van der Waals surface area contributed by atoms with Crippen LogP contribution in [0.4, 0.5) is 0 Å². The Morgan fingerprint density at radius 2 is 2.00 bits per heavy atom. The van der Waals surface area contributed by atoms with Gasteiger partial charge < -0.3 is 9.52 Å². The molecule has 0 aliphatic heterocycles. The molecule has 0 spiro atoms. The van der Waals surface area contributed by atoms with Crippen LogP contribution in [0.25, 0.3) is 0 Å². The predicted molar refractivity (Wildman–Crippen MR) is 46.1 cm³/mol. The van der Waals surface area contributed by atoms with Gasteiger partial charge in [-0.2, -0.15) is 0 Å². The number of aliphatic hydroxyl groups is 1. The van der Waals surface area contributed by atoms with E-state index in [-0.39, 0.29) is 0 Å². The summed E-state index contributed by atoms with van der Waals surface area (Å²) in [6, 6.07) is 3.43. The summed E-state index contributed by atoms with van der Waals surface area (Å²) in [5.41, 5.74) is -0.743. The average molecular weight is 187 g/mol. The van der Waals surface area contributed by atoms with Crippen LogP contribution in [0, 0.1) is 0 Å². The van der Waals surface area contributed by atoms with Crippen molar-refractivity contribution in [2.24, 2.45) is 0 Å². The average Bonchev–Trinajstić information content (AvgIpc) is 2.59. The topological polar surface area (TPSA) is 33.4 Å². The third kappa shape index (κ3) is 1.25. The van der Waals surface area contributed by atoms with Gasteiger partial charge in [-0.3, -0.25) is 0 Å². The SMILES string of the molecule is OC1(c2ccc(Cl)o2)CCCC1. The molecule has 0 aromatic carbocycles. The van der Waals surface area contributed by atoms with E-state index in [1.165, 1.54) is 0 Å². The minimum absolute atomic E-state index is 0.352. The fourth-order valence-electron chi connectivity index (χ4n) is 1.77. The Labute approximate surface area is 76.1 Å². The maximum atomic E-state index is 10.0. The van der Waals surface area contributed by atoms with Gasteiger partial charge in [-0.15, -0.1) is 0 Å². The fraction of sp³-hybridized carbons (Fsp3) is 0.556. The van der Waals surface area contributed by atoms with Crippen LogP contribution >= 0.6 is 11.6 Å². The van der Waals surface area contributed by atoms with Crippen molar-refractivity contribution in [2.75, 3.05) is 0 Å². The third-order valence-electron chi connectivity index (χ3n) is 2.46. The van der Waals surface area contributed by atoms with Gasteiger partial charge in [0, 0.05) is 0 Å². The zero-order valence-electron chi connectivity index (χ0n) is 6.72. The molecule has 0 bridgehead atoms. The summed E-state index contributed by atoms with van der Waals surface area (Å²) in [7, 11) is 0. The summed E-state index contributed by atoms with van der Waals surface area (Å²) in [4.78, 5) is 0. The molecule has 3 heteroatoms. The van der Waals surface area contributed by atoms with Gasteiger partial charge in [-0.25, -0.2) is 0 Å². The van der Waals surface area contributed by atoms with E-state index >= 15 is 0 Å². The second-order valence-electron chi connectivity index (χ2n) is 3.34. The summed E-state index contributed by atoms with van der Waals surface area (Å²) >= 11 is 5.62. The molecule has 1 saturated carbocycles. The van der Waals surface area contributed by atoms with Crippen molar-refractivity contribution < 1.29 is 9.52 Å². The van der Waals surface area contributed by atoms with Crippen LogP contribution in [0.2, 0.25) is 5.22 Å². The van der Waals surface area contributed by atoms with Gasteiger partial charge in [0.15, 0.2) is 5.22 Å². The molecule has 0 amide bonds. The van der Waals surface area contributed by atoms with Crippen molar-refractivity contribution in [1.29, 1.82) is 0 Å². The number of halogens is 1. The standard InChI is InChI=1S/C9H11ClO2/c10-8-4-3-7(12-8)9(11)5-1-2-6-9/h3-4,11H,1-2,5-6H2. The summed E-state index contributed by atoms with van der Waals surface area (Å²) < 4.78 is 5.19. The number of hydrogen-bond acceptors (Lipinski definition) is 2. The smallest absolute Gasteiger partial charge is 0.193 e. The Balaban J connectivity index is 2.28. The van der Waals surface area contributed by atoms with Crippen molar-refractivity contribution in [1.82, 2.24) is 0 Å². The van der Waals surface area contributed by atoms with Gasteiger partial charge in [0.25, 0.3) is 0 Å². The van der Waals surface area contributed by atoms with Gasteiger partial charge >= 0.3 is 0 Å². The molecule has 2 rings (SSSR count). The van der Waals surface area contributed by atoms with Crippen molar-refractivity contribution >= 4 is 11.6 Å². The molecule has 0 saturated heterocycles. The summed E-state index contributed by atoms with van der Waals surface area (Å²) in [5, 5.41) is 10.4. The first kappa shape index (κ1) is 8.14. The van der Waals surface area contributed by atoms with E-state index in [2.05, 4.69) is 0 Å². The molecule has 1 fully saturated rings. The summed E-state index contributed by atoms with van der Waals surface area (Å²) in [6.07, 6.45) is 3.71. The zero-order valence-corrected chi connectivity index (χ0v) is 7.47. The van der Waals surface area contributed by atoms with E-state index in [1.54, 1.807) is 12.1 Å².